The molecule has 1 atom stereocenters. The van der Waals surface area contributed by atoms with Crippen LogP contribution >= 0.6 is 0 Å². The minimum atomic E-state index is 0.585. The second kappa shape index (κ2) is 6.22. The summed E-state index contributed by atoms with van der Waals surface area (Å²) >= 11 is 0. The molecule has 1 aromatic rings. The van der Waals surface area contributed by atoms with Crippen molar-refractivity contribution in [3.05, 3.63) is 11.9 Å². The molecule has 2 N–H and O–H groups in total. The van der Waals surface area contributed by atoms with Gasteiger partial charge in [0.15, 0.2) is 0 Å². The fourth-order valence-electron chi connectivity index (χ4n) is 1.85. The quantitative estimate of drug-likeness (QED) is 0.789. The number of hydrogen-bond donors (Lipinski definition) is 2. The van der Waals surface area contributed by atoms with Gasteiger partial charge < -0.3 is 10.6 Å². The first-order chi connectivity index (χ1) is 9.10. The minimum Gasteiger partial charge on any atom is -0.370 e. The van der Waals surface area contributed by atoms with Crippen LogP contribution in [0.3, 0.4) is 0 Å². The van der Waals surface area contributed by atoms with E-state index in [1.807, 2.05) is 6.07 Å². The highest BCUT2D eigenvalue weighted by Crippen LogP contribution is 2.38. The average Bonchev–Trinajstić information content (AvgIpc) is 3.20. The highest BCUT2D eigenvalue weighted by atomic mass is 15.1. The van der Waals surface area contributed by atoms with E-state index in [4.69, 9.17) is 0 Å². The highest BCUT2D eigenvalue weighted by molar-refractivity contribution is 5.48. The third kappa shape index (κ3) is 4.08. The molecule has 1 aliphatic carbocycles. The van der Waals surface area contributed by atoms with Crippen molar-refractivity contribution in [1.82, 2.24) is 9.97 Å². The fourth-order valence-corrected chi connectivity index (χ4v) is 1.85. The standard InChI is InChI=1S/C15H26N4/c1-5-16-13-8-14(17-9-11(4)10(2)3)19-15(18-13)12-6-7-12/h8,10-12H,5-7,9H2,1-4H3,(H2,16,17,18,19). The Morgan fingerprint density at radius 2 is 1.79 bits per heavy atom. The van der Waals surface area contributed by atoms with Crippen molar-refractivity contribution in [1.29, 1.82) is 0 Å². The summed E-state index contributed by atoms with van der Waals surface area (Å²) in [6.07, 6.45) is 2.47. The van der Waals surface area contributed by atoms with Gasteiger partial charge in [0.1, 0.15) is 17.5 Å². The van der Waals surface area contributed by atoms with Gasteiger partial charge in [-0.3, -0.25) is 0 Å². The van der Waals surface area contributed by atoms with Crippen LogP contribution in [-0.2, 0) is 0 Å². The van der Waals surface area contributed by atoms with Crippen molar-refractivity contribution in [3.63, 3.8) is 0 Å². The van der Waals surface area contributed by atoms with Gasteiger partial charge in [-0.15, -0.1) is 0 Å². The molecule has 1 aromatic heterocycles. The maximum Gasteiger partial charge on any atom is 0.136 e. The largest absolute Gasteiger partial charge is 0.370 e. The van der Waals surface area contributed by atoms with Crippen molar-refractivity contribution in [3.8, 4) is 0 Å². The number of nitrogens with one attached hydrogen (secondary N) is 2. The van der Waals surface area contributed by atoms with Crippen LogP contribution in [0.25, 0.3) is 0 Å². The zero-order chi connectivity index (χ0) is 13.8. The molecule has 0 aromatic carbocycles. The Balaban J connectivity index is 2.05. The van der Waals surface area contributed by atoms with Crippen LogP contribution in [0.1, 0.15) is 52.3 Å². The Morgan fingerprint density at radius 3 is 2.32 bits per heavy atom. The molecule has 1 heterocycles. The van der Waals surface area contributed by atoms with E-state index < -0.39 is 0 Å². The van der Waals surface area contributed by atoms with Gasteiger partial charge in [0.2, 0.25) is 0 Å². The monoisotopic (exact) mass is 262 g/mol. The van der Waals surface area contributed by atoms with Crippen molar-refractivity contribution < 1.29 is 0 Å². The summed E-state index contributed by atoms with van der Waals surface area (Å²) < 4.78 is 0. The molecule has 106 valence electrons. The van der Waals surface area contributed by atoms with Gasteiger partial charge in [0, 0.05) is 25.1 Å². The predicted octanol–water partition coefficient (Wildman–Crippen LogP) is 3.49. The van der Waals surface area contributed by atoms with Crippen LogP contribution in [0.4, 0.5) is 11.6 Å². The number of aromatic nitrogens is 2. The molecule has 19 heavy (non-hydrogen) atoms. The first kappa shape index (κ1) is 14.1. The second-order valence-corrected chi connectivity index (χ2v) is 5.90. The van der Waals surface area contributed by atoms with Crippen LogP contribution in [0.2, 0.25) is 0 Å². The van der Waals surface area contributed by atoms with Crippen LogP contribution in [0, 0.1) is 11.8 Å². The lowest BCUT2D eigenvalue weighted by atomic mass is 9.98. The van der Waals surface area contributed by atoms with Crippen molar-refractivity contribution >= 4 is 11.6 Å². The van der Waals surface area contributed by atoms with Gasteiger partial charge in [-0.25, -0.2) is 9.97 Å². The van der Waals surface area contributed by atoms with Crippen LogP contribution in [0.5, 0.6) is 0 Å². The third-order valence-electron chi connectivity index (χ3n) is 3.79. The smallest absolute Gasteiger partial charge is 0.136 e. The minimum absolute atomic E-state index is 0.585. The summed E-state index contributed by atoms with van der Waals surface area (Å²) in [4.78, 5) is 9.23. The van der Waals surface area contributed by atoms with Crippen molar-refractivity contribution in [2.45, 2.75) is 46.5 Å². The molecule has 4 heteroatoms. The maximum atomic E-state index is 4.65. The summed E-state index contributed by atoms with van der Waals surface area (Å²) in [6, 6.07) is 2.02. The Bertz CT molecular complexity index is 413. The Hall–Kier alpha value is -1.32. The molecular weight excluding hydrogens is 236 g/mol. The zero-order valence-corrected chi connectivity index (χ0v) is 12.5. The lowest BCUT2D eigenvalue weighted by molar-refractivity contribution is 0.439. The molecule has 0 saturated heterocycles. The molecule has 4 nitrogen and oxygen atoms in total. The maximum absolute atomic E-state index is 4.65. The highest BCUT2D eigenvalue weighted by Gasteiger charge is 2.27. The van der Waals surface area contributed by atoms with Crippen molar-refractivity contribution in [2.75, 3.05) is 23.7 Å². The zero-order valence-electron chi connectivity index (χ0n) is 12.5. The average molecular weight is 262 g/mol. The molecule has 1 fully saturated rings. The van der Waals surface area contributed by atoms with E-state index in [2.05, 4.69) is 48.3 Å². The summed E-state index contributed by atoms with van der Waals surface area (Å²) in [7, 11) is 0. The molecule has 2 rings (SSSR count). The van der Waals surface area contributed by atoms with E-state index in [-0.39, 0.29) is 0 Å². The van der Waals surface area contributed by atoms with E-state index in [0.717, 1.165) is 30.5 Å². The van der Waals surface area contributed by atoms with Gasteiger partial charge >= 0.3 is 0 Å². The molecule has 0 spiro atoms. The molecule has 1 unspecified atom stereocenters. The van der Waals surface area contributed by atoms with Crippen LogP contribution < -0.4 is 10.6 Å². The topological polar surface area (TPSA) is 49.8 Å². The normalized spacial score (nSPS) is 16.5. The SMILES string of the molecule is CCNc1cc(NCC(C)C(C)C)nc(C2CC2)n1. The first-order valence-electron chi connectivity index (χ1n) is 7.46. The molecule has 0 amide bonds. The van der Waals surface area contributed by atoms with Gasteiger partial charge in [-0.2, -0.15) is 0 Å². The lowest BCUT2D eigenvalue weighted by Crippen LogP contribution is -2.17. The molecule has 0 bridgehead atoms. The van der Waals surface area contributed by atoms with Crippen LogP contribution in [-0.4, -0.2) is 23.1 Å². The Kier molecular flexibility index (Phi) is 4.61. The van der Waals surface area contributed by atoms with Gasteiger partial charge in [-0.1, -0.05) is 20.8 Å². The van der Waals surface area contributed by atoms with E-state index >= 15 is 0 Å². The second-order valence-electron chi connectivity index (χ2n) is 5.90. The number of anilines is 2. The summed E-state index contributed by atoms with van der Waals surface area (Å²) in [6.45, 7) is 10.7. The van der Waals surface area contributed by atoms with Crippen LogP contribution in [0.15, 0.2) is 6.07 Å². The summed E-state index contributed by atoms with van der Waals surface area (Å²) in [5, 5.41) is 6.75. The van der Waals surface area contributed by atoms with Gasteiger partial charge in [0.05, 0.1) is 0 Å². The molecule has 1 saturated carbocycles. The van der Waals surface area contributed by atoms with E-state index in [0.29, 0.717) is 17.8 Å². The number of rotatable bonds is 7. The molecule has 0 radical (unpaired) electrons. The van der Waals surface area contributed by atoms with E-state index in [1.54, 1.807) is 0 Å². The van der Waals surface area contributed by atoms with Crippen molar-refractivity contribution in [2.24, 2.45) is 11.8 Å². The fraction of sp³-hybridized carbons (Fsp3) is 0.733. The van der Waals surface area contributed by atoms with Gasteiger partial charge in [-0.05, 0) is 31.6 Å². The molecule has 0 aliphatic heterocycles. The number of hydrogen-bond acceptors (Lipinski definition) is 4. The van der Waals surface area contributed by atoms with E-state index in [1.165, 1.54) is 12.8 Å². The van der Waals surface area contributed by atoms with Gasteiger partial charge in [0.25, 0.3) is 0 Å². The van der Waals surface area contributed by atoms with E-state index in [9.17, 15) is 0 Å². The third-order valence-corrected chi connectivity index (χ3v) is 3.79. The summed E-state index contributed by atoms with van der Waals surface area (Å²) in [5.41, 5.74) is 0. The molecular formula is C15H26N4. The first-order valence-corrected chi connectivity index (χ1v) is 7.46. The Morgan fingerprint density at radius 1 is 1.16 bits per heavy atom. The lowest BCUT2D eigenvalue weighted by Gasteiger charge is -2.17. The Labute approximate surface area is 116 Å². The summed E-state index contributed by atoms with van der Waals surface area (Å²) in [5.74, 6) is 4.81. The molecule has 1 aliphatic rings. The predicted molar refractivity (Wildman–Crippen MR) is 80.7 cm³/mol. The number of nitrogens with zero attached hydrogens (tertiary/aromatic N) is 2.